The highest BCUT2D eigenvalue weighted by atomic mass is 32.2. The third-order valence-corrected chi connectivity index (χ3v) is 6.53. The number of aliphatic hydroxyl groups is 1. The molecule has 3 N–H and O–H groups in total. The van der Waals surface area contributed by atoms with E-state index < -0.39 is 32.5 Å². The molecule has 0 atom stereocenters. The Morgan fingerprint density at radius 1 is 1.40 bits per heavy atom. The molecule has 0 spiro atoms. The Labute approximate surface area is 117 Å². The zero-order valence-corrected chi connectivity index (χ0v) is 12.6. The zero-order valence-electron chi connectivity index (χ0n) is 11.0. The number of H-pyrrole nitrogens is 1. The van der Waals surface area contributed by atoms with Gasteiger partial charge in [0.25, 0.3) is 10.0 Å². The van der Waals surface area contributed by atoms with E-state index in [2.05, 4.69) is 14.9 Å². The monoisotopic (exact) mass is 323 g/mol. The number of nitrogens with one attached hydrogen (secondary N) is 2. The van der Waals surface area contributed by atoms with Crippen LogP contribution in [0.15, 0.2) is 5.03 Å². The molecule has 8 nitrogen and oxygen atoms in total. The van der Waals surface area contributed by atoms with Crippen molar-refractivity contribution in [3.63, 3.8) is 0 Å². The summed E-state index contributed by atoms with van der Waals surface area (Å²) in [6.45, 7) is 1.18. The molecule has 2 heterocycles. The summed E-state index contributed by atoms with van der Waals surface area (Å²) in [7, 11) is -6.91. The van der Waals surface area contributed by atoms with Crippen molar-refractivity contribution in [2.75, 3.05) is 11.5 Å². The standard InChI is InChI=1S/C10H17N3O5S2/c1-7-9(6-14)10(12-11-7)20(17,18)13-8-2-4-19(15,16)5-3-8/h8,13-14H,2-6H2,1H3,(H,11,12). The van der Waals surface area contributed by atoms with Gasteiger partial charge in [-0.05, 0) is 19.8 Å². The molecule has 1 aliphatic heterocycles. The molecule has 0 saturated carbocycles. The van der Waals surface area contributed by atoms with Crippen molar-refractivity contribution in [3.8, 4) is 0 Å². The Balaban J connectivity index is 2.16. The number of aromatic amines is 1. The van der Waals surface area contributed by atoms with E-state index in [1.165, 1.54) is 0 Å². The first kappa shape index (κ1) is 15.4. The number of sulfonamides is 1. The van der Waals surface area contributed by atoms with E-state index in [0.29, 0.717) is 5.69 Å². The van der Waals surface area contributed by atoms with Crippen molar-refractivity contribution >= 4 is 19.9 Å². The summed E-state index contributed by atoms with van der Waals surface area (Å²) in [6, 6.07) is -0.424. The summed E-state index contributed by atoms with van der Waals surface area (Å²) in [6.07, 6.45) is 0.499. The smallest absolute Gasteiger partial charge is 0.260 e. The normalized spacial score (nSPS) is 20.1. The van der Waals surface area contributed by atoms with Crippen molar-refractivity contribution < 1.29 is 21.9 Å². The SMILES string of the molecule is Cc1[nH]nc(S(=O)(=O)NC2CCS(=O)(=O)CC2)c1CO. The van der Waals surface area contributed by atoms with Crippen molar-refractivity contribution in [1.82, 2.24) is 14.9 Å². The second-order valence-corrected chi connectivity index (χ2v) is 8.77. The average Bonchev–Trinajstić information content (AvgIpc) is 2.74. The maximum Gasteiger partial charge on any atom is 0.260 e. The average molecular weight is 323 g/mol. The van der Waals surface area contributed by atoms with Crippen molar-refractivity contribution in [3.05, 3.63) is 11.3 Å². The van der Waals surface area contributed by atoms with Gasteiger partial charge in [0.05, 0.1) is 18.1 Å². The molecule has 0 aliphatic carbocycles. The molecular formula is C10H17N3O5S2. The van der Waals surface area contributed by atoms with Crippen LogP contribution in [0.3, 0.4) is 0 Å². The topological polar surface area (TPSA) is 129 Å². The molecule has 114 valence electrons. The number of aromatic nitrogens is 2. The van der Waals surface area contributed by atoms with Crippen LogP contribution in [0.1, 0.15) is 24.1 Å². The van der Waals surface area contributed by atoms with Gasteiger partial charge in [0, 0.05) is 17.3 Å². The Hall–Kier alpha value is -0.970. The fourth-order valence-electron chi connectivity index (χ4n) is 2.12. The molecule has 1 aliphatic rings. The molecule has 2 rings (SSSR count). The molecule has 0 bridgehead atoms. The second-order valence-electron chi connectivity index (χ2n) is 4.84. The highest BCUT2D eigenvalue weighted by Crippen LogP contribution is 2.19. The van der Waals surface area contributed by atoms with Gasteiger partial charge < -0.3 is 5.11 Å². The Kier molecular flexibility index (Phi) is 4.19. The van der Waals surface area contributed by atoms with Gasteiger partial charge in [0.15, 0.2) is 5.03 Å². The molecule has 0 radical (unpaired) electrons. The molecule has 1 saturated heterocycles. The first-order valence-corrected chi connectivity index (χ1v) is 9.43. The maximum absolute atomic E-state index is 12.2. The highest BCUT2D eigenvalue weighted by molar-refractivity contribution is 7.91. The third kappa shape index (κ3) is 3.19. The Bertz CT molecular complexity index is 678. The molecule has 0 aromatic carbocycles. The van der Waals surface area contributed by atoms with Crippen LogP contribution in [-0.4, -0.2) is 49.7 Å². The molecule has 20 heavy (non-hydrogen) atoms. The summed E-state index contributed by atoms with van der Waals surface area (Å²) in [5, 5.41) is 15.2. The number of rotatable bonds is 4. The molecule has 10 heteroatoms. The quantitative estimate of drug-likeness (QED) is 0.656. The molecular weight excluding hydrogens is 306 g/mol. The van der Waals surface area contributed by atoms with E-state index in [1.54, 1.807) is 6.92 Å². The third-order valence-electron chi connectivity index (χ3n) is 3.33. The second kappa shape index (κ2) is 5.43. The summed E-state index contributed by atoms with van der Waals surface area (Å²) in [4.78, 5) is 0. The summed E-state index contributed by atoms with van der Waals surface area (Å²) >= 11 is 0. The zero-order chi connectivity index (χ0) is 15.0. The molecule has 1 aromatic heterocycles. The van der Waals surface area contributed by atoms with Gasteiger partial charge in [-0.3, -0.25) is 5.10 Å². The molecule has 1 aromatic rings. The van der Waals surface area contributed by atoms with Gasteiger partial charge in [-0.15, -0.1) is 0 Å². The predicted molar refractivity (Wildman–Crippen MR) is 71.2 cm³/mol. The van der Waals surface area contributed by atoms with Crippen LogP contribution in [0.2, 0.25) is 0 Å². The van der Waals surface area contributed by atoms with Crippen LogP contribution in [0.4, 0.5) is 0 Å². The van der Waals surface area contributed by atoms with Gasteiger partial charge >= 0.3 is 0 Å². The predicted octanol–water partition coefficient (Wildman–Crippen LogP) is -0.934. The lowest BCUT2D eigenvalue weighted by atomic mass is 10.2. The number of hydrogen-bond donors (Lipinski definition) is 3. The largest absolute Gasteiger partial charge is 0.392 e. The van der Waals surface area contributed by atoms with Gasteiger partial charge in [-0.25, -0.2) is 21.6 Å². The van der Waals surface area contributed by atoms with Crippen LogP contribution in [0.25, 0.3) is 0 Å². The lowest BCUT2D eigenvalue weighted by Gasteiger charge is -2.22. The maximum atomic E-state index is 12.2. The van der Waals surface area contributed by atoms with Crippen LogP contribution in [-0.2, 0) is 26.5 Å². The Morgan fingerprint density at radius 2 is 2.00 bits per heavy atom. The van der Waals surface area contributed by atoms with Crippen LogP contribution >= 0.6 is 0 Å². The summed E-state index contributed by atoms with van der Waals surface area (Å²) < 4.78 is 49.5. The fraction of sp³-hybridized carbons (Fsp3) is 0.700. The van der Waals surface area contributed by atoms with Crippen LogP contribution in [0, 0.1) is 6.92 Å². The van der Waals surface area contributed by atoms with Crippen LogP contribution < -0.4 is 4.72 Å². The molecule has 0 unspecified atom stereocenters. The van der Waals surface area contributed by atoms with Crippen molar-refractivity contribution in [2.45, 2.75) is 37.4 Å². The lowest BCUT2D eigenvalue weighted by molar-refractivity contribution is 0.277. The van der Waals surface area contributed by atoms with Crippen molar-refractivity contribution in [1.29, 1.82) is 0 Å². The first-order valence-electron chi connectivity index (χ1n) is 6.12. The van der Waals surface area contributed by atoms with Gasteiger partial charge in [0.2, 0.25) is 0 Å². The van der Waals surface area contributed by atoms with Gasteiger partial charge in [0.1, 0.15) is 9.84 Å². The van der Waals surface area contributed by atoms with E-state index >= 15 is 0 Å². The summed E-state index contributed by atoms with van der Waals surface area (Å²) in [5.41, 5.74) is 0.708. The number of hydrogen-bond acceptors (Lipinski definition) is 6. The van der Waals surface area contributed by atoms with Crippen LogP contribution in [0.5, 0.6) is 0 Å². The van der Waals surface area contributed by atoms with Gasteiger partial charge in [-0.1, -0.05) is 0 Å². The lowest BCUT2D eigenvalue weighted by Crippen LogP contribution is -2.41. The van der Waals surface area contributed by atoms with E-state index in [9.17, 15) is 21.9 Å². The number of aryl methyl sites for hydroxylation is 1. The van der Waals surface area contributed by atoms with E-state index in [4.69, 9.17) is 0 Å². The number of sulfone groups is 1. The number of aliphatic hydroxyl groups excluding tert-OH is 1. The molecule has 0 amide bonds. The van der Waals surface area contributed by atoms with E-state index in [0.717, 1.165) is 0 Å². The molecule has 1 fully saturated rings. The van der Waals surface area contributed by atoms with Crippen molar-refractivity contribution in [2.24, 2.45) is 0 Å². The fourth-order valence-corrected chi connectivity index (χ4v) is 5.11. The minimum atomic E-state index is -3.87. The summed E-state index contributed by atoms with van der Waals surface area (Å²) in [5.74, 6) is -0.0424. The highest BCUT2D eigenvalue weighted by Gasteiger charge is 2.30. The van der Waals surface area contributed by atoms with E-state index in [1.807, 2.05) is 0 Å². The van der Waals surface area contributed by atoms with Gasteiger partial charge in [-0.2, -0.15) is 5.10 Å². The minimum Gasteiger partial charge on any atom is -0.392 e. The van der Waals surface area contributed by atoms with E-state index in [-0.39, 0.29) is 34.9 Å². The minimum absolute atomic E-state index is 0.0212. The number of nitrogens with zero attached hydrogens (tertiary/aromatic N) is 1. The first-order chi connectivity index (χ1) is 9.25. The Morgan fingerprint density at radius 3 is 2.55 bits per heavy atom.